The molecule has 5 nitrogen and oxygen atoms in total. The molecule has 1 aliphatic heterocycles. The van der Waals surface area contributed by atoms with Crippen LogP contribution in [0.5, 0.6) is 0 Å². The van der Waals surface area contributed by atoms with Gasteiger partial charge in [0.05, 0.1) is 18.6 Å². The Morgan fingerprint density at radius 2 is 1.52 bits per heavy atom. The van der Waals surface area contributed by atoms with Crippen LogP contribution >= 0.6 is 11.8 Å². The number of hydroxylamine groups is 2. The lowest BCUT2D eigenvalue weighted by molar-refractivity contribution is -0.360. The molecule has 0 aromatic carbocycles. The van der Waals surface area contributed by atoms with Gasteiger partial charge in [-0.2, -0.15) is 0 Å². The maximum atomic E-state index is 12.7. The minimum absolute atomic E-state index is 0.0424. The molecule has 1 amide bonds. The van der Waals surface area contributed by atoms with Crippen LogP contribution in [0, 0.1) is 0 Å². The van der Waals surface area contributed by atoms with Gasteiger partial charge in [0.15, 0.2) is 0 Å². The quantitative estimate of drug-likeness (QED) is 0.108. The van der Waals surface area contributed by atoms with Gasteiger partial charge in [0.2, 0.25) is 0 Å². The fourth-order valence-corrected chi connectivity index (χ4v) is 4.72. The molecule has 0 N–H and O–H groups in total. The second-order valence-corrected chi connectivity index (χ2v) is 10.2. The van der Waals surface area contributed by atoms with E-state index in [0.717, 1.165) is 31.6 Å². The van der Waals surface area contributed by atoms with Gasteiger partial charge in [-0.05, 0) is 24.7 Å². The number of thioether (sulfide) groups is 1. The van der Waals surface area contributed by atoms with Gasteiger partial charge in [0, 0.05) is 19.2 Å². The van der Waals surface area contributed by atoms with Crippen LogP contribution in [0.3, 0.4) is 0 Å². The van der Waals surface area contributed by atoms with E-state index in [2.05, 4.69) is 24.2 Å². The monoisotopic (exact) mass is 484 g/mol. The van der Waals surface area contributed by atoms with Gasteiger partial charge in [0.25, 0.3) is 5.91 Å². The van der Waals surface area contributed by atoms with Crippen molar-refractivity contribution in [2.45, 2.75) is 136 Å². The average molecular weight is 485 g/mol. The molecule has 33 heavy (non-hydrogen) atoms. The standard InChI is InChI=1S/C27H52N2O3S/c1-4-7-8-9-10-11-12-13-14-15-16-17-18-19-26(6-3)32-29(31-23-5-2)27(30)20-21-28-22-24-33-25-28/h22,24,26H,4-21,23,25H2,1-3H3. The van der Waals surface area contributed by atoms with E-state index in [1.807, 2.05) is 13.1 Å². The molecule has 6 heteroatoms. The van der Waals surface area contributed by atoms with Gasteiger partial charge in [-0.1, -0.05) is 109 Å². The molecular formula is C27H52N2O3S. The normalized spacial score (nSPS) is 14.2. The topological polar surface area (TPSA) is 42.0 Å². The first-order chi connectivity index (χ1) is 16.2. The molecule has 0 aliphatic carbocycles. The largest absolute Gasteiger partial charge is 0.367 e. The van der Waals surface area contributed by atoms with Gasteiger partial charge >= 0.3 is 0 Å². The van der Waals surface area contributed by atoms with E-state index >= 15 is 0 Å². The van der Waals surface area contributed by atoms with Crippen LogP contribution in [0.4, 0.5) is 0 Å². The summed E-state index contributed by atoms with van der Waals surface area (Å²) in [6.45, 7) is 7.65. The van der Waals surface area contributed by atoms with Crippen LogP contribution in [0.1, 0.15) is 130 Å². The summed E-state index contributed by atoms with van der Waals surface area (Å²) in [6.07, 6.45) is 22.9. The number of hydrogen-bond donors (Lipinski definition) is 0. The fourth-order valence-electron chi connectivity index (χ4n) is 3.97. The van der Waals surface area contributed by atoms with Crippen molar-refractivity contribution >= 4 is 17.7 Å². The number of carbonyl (C=O) groups is 1. The molecule has 0 spiro atoms. The molecule has 0 radical (unpaired) electrons. The molecule has 0 saturated carbocycles. The first-order valence-corrected chi connectivity index (χ1v) is 14.9. The summed E-state index contributed by atoms with van der Waals surface area (Å²) in [6, 6.07) is 0. The Labute approximate surface area is 208 Å². The highest BCUT2D eigenvalue weighted by Gasteiger charge is 2.21. The van der Waals surface area contributed by atoms with Crippen molar-refractivity contribution in [3.63, 3.8) is 0 Å². The average Bonchev–Trinajstić information content (AvgIpc) is 3.35. The van der Waals surface area contributed by atoms with Crippen LogP contribution < -0.4 is 0 Å². The third-order valence-corrected chi connectivity index (χ3v) is 6.96. The zero-order chi connectivity index (χ0) is 24.0. The number of unbranched alkanes of at least 4 members (excludes halogenated alkanes) is 12. The molecule has 1 unspecified atom stereocenters. The van der Waals surface area contributed by atoms with Crippen LogP contribution in [-0.4, -0.2) is 41.2 Å². The van der Waals surface area contributed by atoms with Gasteiger partial charge < -0.3 is 4.90 Å². The number of amides is 1. The Morgan fingerprint density at radius 1 is 0.909 bits per heavy atom. The summed E-state index contributed by atoms with van der Waals surface area (Å²) in [7, 11) is 0. The van der Waals surface area contributed by atoms with Crippen molar-refractivity contribution in [2.75, 3.05) is 19.0 Å². The zero-order valence-corrected chi connectivity index (χ0v) is 22.7. The lowest BCUT2D eigenvalue weighted by Crippen LogP contribution is -2.37. The second-order valence-electron chi connectivity index (χ2n) is 9.29. The molecule has 1 aliphatic rings. The minimum atomic E-state index is -0.0856. The van der Waals surface area contributed by atoms with Crippen molar-refractivity contribution in [2.24, 2.45) is 0 Å². The molecule has 0 saturated heterocycles. The Bertz CT molecular complexity index is 490. The van der Waals surface area contributed by atoms with Gasteiger partial charge in [-0.25, -0.2) is 9.68 Å². The molecule has 1 atom stereocenters. The Morgan fingerprint density at radius 3 is 2.03 bits per heavy atom. The number of carbonyl (C=O) groups excluding carboxylic acids is 1. The summed E-state index contributed by atoms with van der Waals surface area (Å²) in [5, 5.41) is 3.25. The fraction of sp³-hybridized carbons (Fsp3) is 0.889. The summed E-state index contributed by atoms with van der Waals surface area (Å²) in [5.74, 6) is 0.832. The van der Waals surface area contributed by atoms with E-state index in [4.69, 9.17) is 9.68 Å². The number of rotatable bonds is 23. The van der Waals surface area contributed by atoms with Crippen LogP contribution in [-0.2, 0) is 14.5 Å². The van der Waals surface area contributed by atoms with E-state index in [9.17, 15) is 4.79 Å². The van der Waals surface area contributed by atoms with E-state index in [1.54, 1.807) is 11.8 Å². The first-order valence-electron chi connectivity index (χ1n) is 13.9. The Balaban J connectivity index is 2.12. The third-order valence-electron chi connectivity index (χ3n) is 6.17. The van der Waals surface area contributed by atoms with E-state index < -0.39 is 0 Å². The van der Waals surface area contributed by atoms with Gasteiger partial charge in [-0.15, -0.1) is 11.8 Å². The van der Waals surface area contributed by atoms with Crippen LogP contribution in [0.25, 0.3) is 0 Å². The molecule has 0 aromatic heterocycles. The molecule has 0 fully saturated rings. The van der Waals surface area contributed by atoms with Gasteiger partial charge in [-0.3, -0.25) is 4.79 Å². The number of hydrogen-bond acceptors (Lipinski definition) is 5. The summed E-state index contributed by atoms with van der Waals surface area (Å²) < 4.78 is 0. The zero-order valence-electron chi connectivity index (χ0n) is 21.9. The maximum absolute atomic E-state index is 12.7. The smallest absolute Gasteiger partial charge is 0.275 e. The third kappa shape index (κ3) is 16.5. The van der Waals surface area contributed by atoms with E-state index in [-0.39, 0.29) is 12.0 Å². The van der Waals surface area contributed by atoms with Crippen molar-refractivity contribution < 1.29 is 14.5 Å². The molecule has 0 bridgehead atoms. The van der Waals surface area contributed by atoms with Crippen LogP contribution in [0.2, 0.25) is 0 Å². The van der Waals surface area contributed by atoms with Crippen molar-refractivity contribution in [1.82, 2.24) is 10.1 Å². The summed E-state index contributed by atoms with van der Waals surface area (Å²) >= 11 is 1.75. The summed E-state index contributed by atoms with van der Waals surface area (Å²) in [5.41, 5.74) is 0. The molecule has 0 aromatic rings. The highest BCUT2D eigenvalue weighted by atomic mass is 32.2. The molecule has 1 rings (SSSR count). The summed E-state index contributed by atoms with van der Waals surface area (Å²) in [4.78, 5) is 26.5. The van der Waals surface area contributed by atoms with Crippen molar-refractivity contribution in [1.29, 1.82) is 0 Å². The highest BCUT2D eigenvalue weighted by Crippen LogP contribution is 2.18. The highest BCUT2D eigenvalue weighted by molar-refractivity contribution is 8.02. The first kappa shape index (κ1) is 30.3. The predicted molar refractivity (Wildman–Crippen MR) is 141 cm³/mol. The lowest BCUT2D eigenvalue weighted by Gasteiger charge is -2.26. The lowest BCUT2D eigenvalue weighted by atomic mass is 10.0. The SMILES string of the molecule is CCCCCCCCCCCCCCCC(CC)ON(OCCC)C(=O)CCN1C=CSC1. The van der Waals surface area contributed by atoms with Crippen molar-refractivity contribution in [3.05, 3.63) is 11.6 Å². The Hall–Kier alpha value is -0.720. The predicted octanol–water partition coefficient (Wildman–Crippen LogP) is 8.22. The maximum Gasteiger partial charge on any atom is 0.275 e. The van der Waals surface area contributed by atoms with Crippen LogP contribution in [0.15, 0.2) is 11.6 Å². The van der Waals surface area contributed by atoms with E-state index in [0.29, 0.717) is 19.6 Å². The minimum Gasteiger partial charge on any atom is -0.367 e. The Kier molecular flexibility index (Phi) is 20.0. The molecule has 1 heterocycles. The molecule has 194 valence electrons. The van der Waals surface area contributed by atoms with Crippen molar-refractivity contribution in [3.8, 4) is 0 Å². The molecular weight excluding hydrogens is 432 g/mol. The van der Waals surface area contributed by atoms with E-state index in [1.165, 1.54) is 82.3 Å². The number of nitrogens with zero attached hydrogens (tertiary/aromatic N) is 2. The van der Waals surface area contributed by atoms with Gasteiger partial charge in [0.1, 0.15) is 0 Å². The second kappa shape index (κ2) is 21.8.